The average Bonchev–Trinajstić information content (AvgIpc) is 2.88. The van der Waals surface area contributed by atoms with Gasteiger partial charge in [0.15, 0.2) is 5.82 Å². The van der Waals surface area contributed by atoms with E-state index in [-0.39, 0.29) is 24.4 Å². The quantitative estimate of drug-likeness (QED) is 0.930. The Morgan fingerprint density at radius 1 is 1.47 bits per heavy atom. The van der Waals surface area contributed by atoms with Gasteiger partial charge in [-0.25, -0.2) is 0 Å². The monoisotopic (exact) mass is 273 g/mol. The molecule has 2 heterocycles. The molecule has 2 N–H and O–H groups in total. The van der Waals surface area contributed by atoms with Gasteiger partial charge in [-0.15, -0.1) is 23.7 Å². The Balaban J connectivity index is 0.00000144. The Kier molecular flexibility index (Phi) is 5.11. The summed E-state index contributed by atoms with van der Waals surface area (Å²) in [6.07, 6.45) is 0.729. The SMILES string of the molecule is CC(N)C(C)c1nc(Cc2cccs2)no1.Cl. The minimum atomic E-state index is 0. The predicted octanol–water partition coefficient (Wildman–Crippen LogP) is 2.59. The normalized spacial score (nSPS) is 14.1. The number of hydrogen-bond acceptors (Lipinski definition) is 5. The molecule has 0 aromatic carbocycles. The average molecular weight is 274 g/mol. The summed E-state index contributed by atoms with van der Waals surface area (Å²) >= 11 is 1.70. The molecule has 2 unspecified atom stereocenters. The molecule has 0 fully saturated rings. The Hall–Kier alpha value is -0.910. The van der Waals surface area contributed by atoms with Gasteiger partial charge in [0.2, 0.25) is 5.89 Å². The highest BCUT2D eigenvalue weighted by Gasteiger charge is 2.17. The van der Waals surface area contributed by atoms with Crippen molar-refractivity contribution in [2.45, 2.75) is 32.2 Å². The molecule has 0 bridgehead atoms. The second kappa shape index (κ2) is 6.14. The number of aromatic nitrogens is 2. The van der Waals surface area contributed by atoms with E-state index in [2.05, 4.69) is 16.2 Å². The van der Waals surface area contributed by atoms with Gasteiger partial charge in [-0.05, 0) is 18.4 Å². The van der Waals surface area contributed by atoms with Gasteiger partial charge in [0.25, 0.3) is 0 Å². The maximum atomic E-state index is 5.79. The molecule has 0 aliphatic heterocycles. The van der Waals surface area contributed by atoms with Gasteiger partial charge in [0.05, 0.1) is 5.92 Å². The van der Waals surface area contributed by atoms with Crippen molar-refractivity contribution in [3.63, 3.8) is 0 Å². The van der Waals surface area contributed by atoms with Gasteiger partial charge in [-0.2, -0.15) is 4.98 Å². The van der Waals surface area contributed by atoms with E-state index in [0.717, 1.165) is 12.2 Å². The van der Waals surface area contributed by atoms with Gasteiger partial charge in [0.1, 0.15) is 0 Å². The number of thiophene rings is 1. The molecule has 0 aliphatic carbocycles. The van der Waals surface area contributed by atoms with Crippen LogP contribution in [-0.2, 0) is 6.42 Å². The van der Waals surface area contributed by atoms with Gasteiger partial charge in [0, 0.05) is 17.3 Å². The number of nitrogens with two attached hydrogens (primary N) is 1. The second-order valence-corrected chi connectivity index (χ2v) is 4.99. The largest absolute Gasteiger partial charge is 0.339 e. The zero-order chi connectivity index (χ0) is 11.5. The first kappa shape index (κ1) is 14.2. The zero-order valence-corrected chi connectivity index (χ0v) is 11.4. The summed E-state index contributed by atoms with van der Waals surface area (Å²) in [7, 11) is 0. The Morgan fingerprint density at radius 3 is 2.82 bits per heavy atom. The Labute approximate surface area is 111 Å². The van der Waals surface area contributed by atoms with E-state index in [1.165, 1.54) is 4.88 Å². The van der Waals surface area contributed by atoms with Crippen LogP contribution in [0.3, 0.4) is 0 Å². The Morgan fingerprint density at radius 2 is 2.24 bits per heavy atom. The zero-order valence-electron chi connectivity index (χ0n) is 9.79. The standard InChI is InChI=1S/C11H15N3OS.ClH/c1-7(8(2)12)11-13-10(14-15-11)6-9-4-3-5-16-9;/h3-5,7-8H,6,12H2,1-2H3;1H. The van der Waals surface area contributed by atoms with Gasteiger partial charge < -0.3 is 10.3 Å². The molecule has 0 aliphatic rings. The van der Waals surface area contributed by atoms with Gasteiger partial charge in [-0.3, -0.25) is 0 Å². The summed E-state index contributed by atoms with van der Waals surface area (Å²) in [4.78, 5) is 5.59. The first-order valence-corrected chi connectivity index (χ1v) is 6.15. The molecular formula is C11H16ClN3OS. The van der Waals surface area contributed by atoms with E-state index in [4.69, 9.17) is 10.3 Å². The molecule has 6 heteroatoms. The third-order valence-electron chi connectivity index (χ3n) is 2.57. The van der Waals surface area contributed by atoms with E-state index < -0.39 is 0 Å². The van der Waals surface area contributed by atoms with E-state index in [1.54, 1.807) is 11.3 Å². The summed E-state index contributed by atoms with van der Waals surface area (Å²) in [6.45, 7) is 3.93. The lowest BCUT2D eigenvalue weighted by Gasteiger charge is -2.09. The lowest BCUT2D eigenvalue weighted by Crippen LogP contribution is -2.22. The molecule has 2 aromatic heterocycles. The van der Waals surface area contributed by atoms with Crippen molar-refractivity contribution < 1.29 is 4.52 Å². The third-order valence-corrected chi connectivity index (χ3v) is 3.45. The van der Waals surface area contributed by atoms with Crippen LogP contribution in [-0.4, -0.2) is 16.2 Å². The topological polar surface area (TPSA) is 64.9 Å². The van der Waals surface area contributed by atoms with Crippen LogP contribution in [0, 0.1) is 0 Å². The lowest BCUT2D eigenvalue weighted by atomic mass is 10.1. The maximum absolute atomic E-state index is 5.79. The van der Waals surface area contributed by atoms with Crippen LogP contribution in [0.25, 0.3) is 0 Å². The highest BCUT2D eigenvalue weighted by Crippen LogP contribution is 2.18. The van der Waals surface area contributed by atoms with Crippen LogP contribution in [0.15, 0.2) is 22.0 Å². The molecule has 0 spiro atoms. The first-order valence-electron chi connectivity index (χ1n) is 5.27. The van der Waals surface area contributed by atoms with Crippen LogP contribution < -0.4 is 5.73 Å². The van der Waals surface area contributed by atoms with Crippen LogP contribution in [0.4, 0.5) is 0 Å². The number of rotatable bonds is 4. The van der Waals surface area contributed by atoms with Crippen LogP contribution in [0.2, 0.25) is 0 Å². The van der Waals surface area contributed by atoms with Gasteiger partial charge >= 0.3 is 0 Å². The minimum absolute atomic E-state index is 0. The van der Waals surface area contributed by atoms with E-state index in [9.17, 15) is 0 Å². The van der Waals surface area contributed by atoms with Crippen molar-refractivity contribution in [3.8, 4) is 0 Å². The van der Waals surface area contributed by atoms with Crippen LogP contribution in [0.5, 0.6) is 0 Å². The Bertz CT molecular complexity index is 441. The smallest absolute Gasteiger partial charge is 0.231 e. The molecule has 0 saturated carbocycles. The molecule has 2 atom stereocenters. The lowest BCUT2D eigenvalue weighted by molar-refractivity contribution is 0.343. The predicted molar refractivity (Wildman–Crippen MR) is 70.7 cm³/mol. The number of nitrogens with zero attached hydrogens (tertiary/aromatic N) is 2. The fourth-order valence-corrected chi connectivity index (χ4v) is 2.02. The summed E-state index contributed by atoms with van der Waals surface area (Å²) in [5.74, 6) is 1.45. The summed E-state index contributed by atoms with van der Waals surface area (Å²) in [6, 6.07) is 4.11. The van der Waals surface area contributed by atoms with Crippen molar-refractivity contribution in [3.05, 3.63) is 34.1 Å². The number of halogens is 1. The van der Waals surface area contributed by atoms with Gasteiger partial charge in [-0.1, -0.05) is 18.1 Å². The summed E-state index contributed by atoms with van der Waals surface area (Å²) in [5.41, 5.74) is 5.79. The van der Waals surface area contributed by atoms with E-state index in [1.807, 2.05) is 25.3 Å². The van der Waals surface area contributed by atoms with Crippen molar-refractivity contribution >= 4 is 23.7 Å². The van der Waals surface area contributed by atoms with Crippen molar-refractivity contribution in [1.82, 2.24) is 10.1 Å². The fourth-order valence-electron chi connectivity index (χ4n) is 1.32. The molecule has 4 nitrogen and oxygen atoms in total. The van der Waals surface area contributed by atoms with Crippen molar-refractivity contribution in [1.29, 1.82) is 0 Å². The van der Waals surface area contributed by atoms with E-state index in [0.29, 0.717) is 5.89 Å². The highest BCUT2D eigenvalue weighted by atomic mass is 35.5. The molecule has 2 aromatic rings. The molecule has 2 rings (SSSR count). The van der Waals surface area contributed by atoms with Crippen molar-refractivity contribution in [2.75, 3.05) is 0 Å². The summed E-state index contributed by atoms with van der Waals surface area (Å²) < 4.78 is 5.20. The molecule has 0 radical (unpaired) electrons. The highest BCUT2D eigenvalue weighted by molar-refractivity contribution is 7.09. The molecule has 0 amide bonds. The first-order chi connectivity index (χ1) is 7.66. The fraction of sp³-hybridized carbons (Fsp3) is 0.455. The van der Waals surface area contributed by atoms with Crippen LogP contribution >= 0.6 is 23.7 Å². The van der Waals surface area contributed by atoms with Crippen LogP contribution in [0.1, 0.15) is 36.4 Å². The molecule has 17 heavy (non-hydrogen) atoms. The summed E-state index contributed by atoms with van der Waals surface area (Å²) in [5, 5.41) is 6.00. The third kappa shape index (κ3) is 3.52. The minimum Gasteiger partial charge on any atom is -0.339 e. The number of hydrogen-bond donors (Lipinski definition) is 1. The second-order valence-electron chi connectivity index (χ2n) is 3.95. The van der Waals surface area contributed by atoms with Crippen molar-refractivity contribution in [2.24, 2.45) is 5.73 Å². The molecule has 0 saturated heterocycles. The van der Waals surface area contributed by atoms with E-state index >= 15 is 0 Å². The maximum Gasteiger partial charge on any atom is 0.231 e. The molecular weight excluding hydrogens is 258 g/mol. The molecule has 94 valence electrons.